The maximum Gasteiger partial charge on any atom is 0.123 e. The Morgan fingerprint density at radius 3 is 1.26 bits per heavy atom. The molecule has 0 saturated carbocycles. The molecule has 0 saturated heterocycles. The summed E-state index contributed by atoms with van der Waals surface area (Å²) in [4.78, 5) is 0. The van der Waals surface area contributed by atoms with Crippen molar-refractivity contribution in [3.8, 4) is 28.0 Å². The van der Waals surface area contributed by atoms with Crippen molar-refractivity contribution in [3.63, 3.8) is 0 Å². The van der Waals surface area contributed by atoms with Crippen LogP contribution in [0.2, 0.25) is 0 Å². The van der Waals surface area contributed by atoms with Crippen LogP contribution in [-0.2, 0) is 10.8 Å². The molecule has 0 fully saturated rings. The second kappa shape index (κ2) is 9.31. The smallest absolute Gasteiger partial charge is 0.123 e. The van der Waals surface area contributed by atoms with E-state index in [0.717, 1.165) is 11.1 Å². The zero-order valence-corrected chi connectivity index (χ0v) is 24.1. The number of hydrogen-bond acceptors (Lipinski definition) is 1. The van der Waals surface area contributed by atoms with Gasteiger partial charge in [0.25, 0.3) is 0 Å². The monoisotopic (exact) mass is 500 g/mol. The lowest BCUT2D eigenvalue weighted by Gasteiger charge is -2.30. The van der Waals surface area contributed by atoms with E-state index in [9.17, 15) is 5.11 Å². The highest BCUT2D eigenvalue weighted by atomic mass is 16.3. The SMILES string of the molecule is Cc1cc(C(c2cc(C(C)(C)C)c(O)c(C(C)(C)C)c2)c2cc(C)c3cccccc2-3)c2cccccc1-2. The predicted molar refractivity (Wildman–Crippen MR) is 162 cm³/mol. The van der Waals surface area contributed by atoms with Gasteiger partial charge in [-0.05, 0) is 85.9 Å². The van der Waals surface area contributed by atoms with E-state index in [1.54, 1.807) is 0 Å². The van der Waals surface area contributed by atoms with Crippen molar-refractivity contribution in [1.82, 2.24) is 0 Å². The van der Waals surface area contributed by atoms with Gasteiger partial charge in [-0.15, -0.1) is 0 Å². The summed E-state index contributed by atoms with van der Waals surface area (Å²) in [6, 6.07) is 31.1. The second-order valence-electron chi connectivity index (χ2n) is 12.9. The van der Waals surface area contributed by atoms with E-state index < -0.39 is 0 Å². The summed E-state index contributed by atoms with van der Waals surface area (Å²) in [5, 5.41) is 11.5. The maximum atomic E-state index is 11.5. The van der Waals surface area contributed by atoms with Gasteiger partial charge in [-0.1, -0.05) is 126 Å². The van der Waals surface area contributed by atoms with Crippen LogP contribution in [0, 0.1) is 13.8 Å². The van der Waals surface area contributed by atoms with Crippen molar-refractivity contribution in [2.45, 2.75) is 72.1 Å². The lowest BCUT2D eigenvalue weighted by atomic mass is 9.74. The lowest BCUT2D eigenvalue weighted by molar-refractivity contribution is 0.422. The highest BCUT2D eigenvalue weighted by molar-refractivity contribution is 5.81. The highest BCUT2D eigenvalue weighted by Gasteiger charge is 2.32. The molecule has 0 amide bonds. The quantitative estimate of drug-likeness (QED) is 0.261. The zero-order valence-electron chi connectivity index (χ0n) is 24.1. The van der Waals surface area contributed by atoms with Gasteiger partial charge >= 0.3 is 0 Å². The van der Waals surface area contributed by atoms with Crippen LogP contribution in [0.5, 0.6) is 5.75 Å². The summed E-state index contributed by atoms with van der Waals surface area (Å²) in [6.07, 6.45) is 0. The van der Waals surface area contributed by atoms with Crippen LogP contribution >= 0.6 is 0 Å². The van der Waals surface area contributed by atoms with Gasteiger partial charge in [-0.3, -0.25) is 0 Å². The van der Waals surface area contributed by atoms with E-state index in [1.807, 2.05) is 0 Å². The third kappa shape index (κ3) is 4.49. The molecular weight excluding hydrogens is 460 g/mol. The summed E-state index contributed by atoms with van der Waals surface area (Å²) >= 11 is 0. The summed E-state index contributed by atoms with van der Waals surface area (Å²) < 4.78 is 0. The van der Waals surface area contributed by atoms with Crippen LogP contribution in [0.15, 0.2) is 84.9 Å². The Balaban J connectivity index is 1.90. The van der Waals surface area contributed by atoms with E-state index in [0.29, 0.717) is 5.75 Å². The van der Waals surface area contributed by atoms with E-state index >= 15 is 0 Å². The molecule has 4 aliphatic rings. The molecule has 0 atom stereocenters. The second-order valence-corrected chi connectivity index (χ2v) is 12.9. The molecule has 38 heavy (non-hydrogen) atoms. The van der Waals surface area contributed by atoms with Gasteiger partial charge < -0.3 is 5.11 Å². The van der Waals surface area contributed by atoms with Crippen molar-refractivity contribution >= 4 is 0 Å². The van der Waals surface area contributed by atoms with Crippen LogP contribution in [0.25, 0.3) is 22.3 Å². The molecule has 194 valence electrons. The molecule has 0 radical (unpaired) electrons. The standard InChI is InChI=1S/C37H40O/c1-23-19-30(28-17-13-9-11-15-26(23)28)34(31-20-24(2)27-16-12-10-14-18-29(27)31)25-21-32(36(3,4)5)35(38)33(22-25)37(6,7)8/h9-22,34,38H,1-8H3. The highest BCUT2D eigenvalue weighted by Crippen LogP contribution is 2.49. The lowest BCUT2D eigenvalue weighted by Crippen LogP contribution is -2.19. The van der Waals surface area contributed by atoms with Crippen molar-refractivity contribution in [2.75, 3.05) is 0 Å². The fourth-order valence-electron chi connectivity index (χ4n) is 6.03. The van der Waals surface area contributed by atoms with Gasteiger partial charge in [-0.25, -0.2) is 0 Å². The minimum Gasteiger partial charge on any atom is -0.507 e. The van der Waals surface area contributed by atoms with Gasteiger partial charge in [0.15, 0.2) is 0 Å². The first-order valence-electron chi connectivity index (χ1n) is 13.7. The molecular formula is C37H40O. The Morgan fingerprint density at radius 2 is 0.895 bits per heavy atom. The number of aromatic hydroxyl groups is 1. The molecule has 1 aromatic carbocycles. The van der Waals surface area contributed by atoms with Crippen molar-refractivity contribution in [2.24, 2.45) is 0 Å². The van der Waals surface area contributed by atoms with Crippen molar-refractivity contribution in [1.29, 1.82) is 0 Å². The van der Waals surface area contributed by atoms with Gasteiger partial charge in [0.2, 0.25) is 0 Å². The van der Waals surface area contributed by atoms with Crippen LogP contribution < -0.4 is 0 Å². The number of phenols is 1. The van der Waals surface area contributed by atoms with E-state index in [2.05, 4.69) is 140 Å². The van der Waals surface area contributed by atoms with Crippen molar-refractivity contribution in [3.05, 3.63) is 124 Å². The molecule has 0 aliphatic heterocycles. The van der Waals surface area contributed by atoms with Crippen LogP contribution in [0.4, 0.5) is 0 Å². The average Bonchev–Trinajstić information content (AvgIpc) is 3.08. The van der Waals surface area contributed by atoms with Gasteiger partial charge in [0.05, 0.1) is 0 Å². The first-order chi connectivity index (χ1) is 17.9. The molecule has 1 nitrogen and oxygen atoms in total. The molecule has 5 rings (SSSR count). The Kier molecular flexibility index (Phi) is 6.38. The Labute approximate surface area is 228 Å². The van der Waals surface area contributed by atoms with E-state index in [-0.39, 0.29) is 16.7 Å². The number of benzene rings is 1. The first-order valence-corrected chi connectivity index (χ1v) is 13.7. The molecule has 0 spiro atoms. The van der Waals surface area contributed by atoms with Crippen LogP contribution in [0.1, 0.15) is 86.4 Å². The first kappa shape index (κ1) is 26.0. The molecule has 4 aliphatic carbocycles. The van der Waals surface area contributed by atoms with Gasteiger partial charge in [-0.2, -0.15) is 0 Å². The molecule has 0 heterocycles. The number of phenolic OH excluding ortho intramolecular Hbond substituents is 1. The van der Waals surface area contributed by atoms with Gasteiger partial charge in [0.1, 0.15) is 5.75 Å². The molecule has 0 unspecified atom stereocenters. The molecule has 0 aromatic heterocycles. The Bertz CT molecular complexity index is 1440. The van der Waals surface area contributed by atoms with E-state index in [1.165, 1.54) is 50.1 Å². The summed E-state index contributed by atoms with van der Waals surface area (Å²) in [6.45, 7) is 17.6. The third-order valence-corrected chi connectivity index (χ3v) is 8.00. The van der Waals surface area contributed by atoms with E-state index in [4.69, 9.17) is 0 Å². The van der Waals surface area contributed by atoms with Gasteiger partial charge in [0, 0.05) is 5.92 Å². The molecule has 1 N–H and O–H groups in total. The molecule has 1 heteroatoms. The fourth-order valence-corrected chi connectivity index (χ4v) is 6.03. The van der Waals surface area contributed by atoms with Crippen LogP contribution in [-0.4, -0.2) is 5.11 Å². The topological polar surface area (TPSA) is 20.2 Å². The summed E-state index contributed by atoms with van der Waals surface area (Å²) in [5.41, 5.74) is 13.2. The normalized spacial score (nSPS) is 12.6. The third-order valence-electron chi connectivity index (χ3n) is 8.00. The largest absolute Gasteiger partial charge is 0.507 e. The Morgan fingerprint density at radius 1 is 0.526 bits per heavy atom. The number of rotatable bonds is 3. The minimum atomic E-state index is -0.197. The fraction of sp³-hybridized carbons (Fsp3) is 0.297. The minimum absolute atomic E-state index is 0.0231. The zero-order chi connectivity index (χ0) is 27.4. The van der Waals surface area contributed by atoms with Crippen LogP contribution in [0.3, 0.4) is 0 Å². The number of hydrogen-bond donors (Lipinski definition) is 1. The summed E-state index contributed by atoms with van der Waals surface area (Å²) in [7, 11) is 0. The molecule has 0 bridgehead atoms. The number of aryl methyl sites for hydroxylation is 2. The van der Waals surface area contributed by atoms with Crippen molar-refractivity contribution < 1.29 is 5.11 Å². The predicted octanol–water partition coefficient (Wildman–Crippen LogP) is 9.99. The average molecular weight is 501 g/mol. The number of fused-ring (bicyclic) bond motifs is 2. The summed E-state index contributed by atoms with van der Waals surface area (Å²) in [5.74, 6) is 0.451. The maximum absolute atomic E-state index is 11.5. The Hall–Kier alpha value is -3.58. The molecule has 1 aromatic rings.